The van der Waals surface area contributed by atoms with Gasteiger partial charge in [0.1, 0.15) is 11.5 Å². The molecule has 24 heavy (non-hydrogen) atoms. The van der Waals surface area contributed by atoms with Gasteiger partial charge in [0.25, 0.3) is 10.0 Å². The number of methoxy groups -OCH3 is 2. The van der Waals surface area contributed by atoms with Gasteiger partial charge in [-0.05, 0) is 29.8 Å². The molecule has 0 amide bonds. The molecule has 0 aliphatic heterocycles. The van der Waals surface area contributed by atoms with E-state index in [-0.39, 0.29) is 10.7 Å². The Morgan fingerprint density at radius 1 is 1.00 bits per heavy atom. The number of hydrogen-bond acceptors (Lipinski definition) is 4. The zero-order valence-corrected chi connectivity index (χ0v) is 15.2. The van der Waals surface area contributed by atoms with Crippen LogP contribution in [0.3, 0.4) is 0 Å². The minimum absolute atomic E-state index is 0.212. The van der Waals surface area contributed by atoms with Crippen molar-refractivity contribution in [3.8, 4) is 11.5 Å². The molecule has 0 bridgehead atoms. The van der Waals surface area contributed by atoms with Crippen molar-refractivity contribution >= 4 is 45.0 Å². The number of ether oxygens (including phenoxy) is 2. The Balaban J connectivity index is 2.25. The maximum absolute atomic E-state index is 12.2. The fourth-order valence-corrected chi connectivity index (χ4v) is 3.11. The van der Waals surface area contributed by atoms with Crippen LogP contribution in [0, 0.1) is 0 Å². The van der Waals surface area contributed by atoms with E-state index in [1.807, 2.05) is 0 Å². The van der Waals surface area contributed by atoms with E-state index in [1.165, 1.54) is 32.4 Å². The molecule has 0 saturated carbocycles. The van der Waals surface area contributed by atoms with Crippen LogP contribution in [0.2, 0.25) is 10.0 Å². The van der Waals surface area contributed by atoms with E-state index in [0.717, 1.165) is 5.41 Å². The molecule has 0 unspecified atom stereocenters. The van der Waals surface area contributed by atoms with Crippen molar-refractivity contribution < 1.29 is 17.9 Å². The number of anilines is 1. The smallest absolute Gasteiger partial charge is 0.255 e. The first-order valence-electron chi connectivity index (χ1n) is 6.72. The molecule has 2 aromatic carbocycles. The summed E-state index contributed by atoms with van der Waals surface area (Å²) in [4.78, 5) is 0. The van der Waals surface area contributed by atoms with E-state index in [4.69, 9.17) is 32.7 Å². The van der Waals surface area contributed by atoms with Crippen LogP contribution in [0.5, 0.6) is 11.5 Å². The minimum atomic E-state index is -3.75. The molecule has 128 valence electrons. The van der Waals surface area contributed by atoms with Crippen molar-refractivity contribution in [3.05, 3.63) is 57.4 Å². The lowest BCUT2D eigenvalue weighted by atomic mass is 10.2. The Kier molecular flexibility index (Phi) is 5.99. The van der Waals surface area contributed by atoms with Gasteiger partial charge in [0.15, 0.2) is 0 Å². The summed E-state index contributed by atoms with van der Waals surface area (Å²) in [5.41, 5.74) is 0.911. The number of benzene rings is 2. The number of hydrogen-bond donors (Lipinski definition) is 1. The summed E-state index contributed by atoms with van der Waals surface area (Å²) in [5, 5.41) is 1.89. The zero-order chi connectivity index (χ0) is 17.7. The van der Waals surface area contributed by atoms with Crippen molar-refractivity contribution in [2.45, 2.75) is 0 Å². The van der Waals surface area contributed by atoms with Crippen molar-refractivity contribution in [2.24, 2.45) is 0 Å². The quantitative estimate of drug-likeness (QED) is 0.796. The summed E-state index contributed by atoms with van der Waals surface area (Å²) in [6.45, 7) is 0. The molecule has 0 aliphatic rings. The molecule has 0 atom stereocenters. The van der Waals surface area contributed by atoms with Gasteiger partial charge in [-0.1, -0.05) is 35.3 Å². The first kappa shape index (κ1) is 18.4. The highest BCUT2D eigenvalue weighted by Gasteiger charge is 2.14. The third-order valence-electron chi connectivity index (χ3n) is 3.04. The van der Waals surface area contributed by atoms with E-state index >= 15 is 0 Å². The van der Waals surface area contributed by atoms with Gasteiger partial charge in [0.2, 0.25) is 0 Å². The highest BCUT2D eigenvalue weighted by Crippen LogP contribution is 2.36. The highest BCUT2D eigenvalue weighted by molar-refractivity contribution is 7.95. The first-order chi connectivity index (χ1) is 11.3. The van der Waals surface area contributed by atoms with Gasteiger partial charge in [0, 0.05) is 11.1 Å². The summed E-state index contributed by atoms with van der Waals surface area (Å²) in [5.74, 6) is 0.674. The van der Waals surface area contributed by atoms with Gasteiger partial charge >= 0.3 is 0 Å². The van der Waals surface area contributed by atoms with Gasteiger partial charge in [0.05, 0.1) is 30.3 Å². The average molecular weight is 388 g/mol. The topological polar surface area (TPSA) is 64.6 Å². The zero-order valence-electron chi connectivity index (χ0n) is 12.9. The molecule has 8 heteroatoms. The monoisotopic (exact) mass is 387 g/mol. The highest BCUT2D eigenvalue weighted by atomic mass is 35.5. The Morgan fingerprint density at radius 3 is 2.21 bits per heavy atom. The molecule has 5 nitrogen and oxygen atoms in total. The molecule has 1 N–H and O–H groups in total. The van der Waals surface area contributed by atoms with Crippen molar-refractivity contribution in [1.29, 1.82) is 0 Å². The fourth-order valence-electron chi connectivity index (χ4n) is 1.87. The Morgan fingerprint density at radius 2 is 1.62 bits per heavy atom. The van der Waals surface area contributed by atoms with Crippen LogP contribution in [-0.2, 0) is 10.0 Å². The summed E-state index contributed by atoms with van der Waals surface area (Å²) < 4.78 is 37.1. The second kappa shape index (κ2) is 7.79. The SMILES string of the molecule is COc1cc(OC)c(NS(=O)(=O)/C=C/c2ccc(Cl)cc2)cc1Cl. The molecule has 2 aromatic rings. The third-order valence-corrected chi connectivity index (χ3v) is 4.58. The summed E-state index contributed by atoms with van der Waals surface area (Å²) in [6, 6.07) is 9.69. The Labute approximate surface area is 150 Å². The summed E-state index contributed by atoms with van der Waals surface area (Å²) in [6.07, 6.45) is 1.45. The van der Waals surface area contributed by atoms with Gasteiger partial charge in [-0.3, -0.25) is 4.72 Å². The molecular weight excluding hydrogens is 373 g/mol. The Hall–Kier alpha value is -1.89. The summed E-state index contributed by atoms with van der Waals surface area (Å²) >= 11 is 11.8. The van der Waals surface area contributed by atoms with Crippen molar-refractivity contribution in [3.63, 3.8) is 0 Å². The maximum atomic E-state index is 12.2. The Bertz CT molecular complexity index is 849. The minimum Gasteiger partial charge on any atom is -0.495 e. The second-order valence-electron chi connectivity index (χ2n) is 4.69. The van der Waals surface area contributed by atoms with E-state index < -0.39 is 10.0 Å². The third kappa shape index (κ3) is 4.80. The van der Waals surface area contributed by atoms with Crippen molar-refractivity contribution in [1.82, 2.24) is 0 Å². The molecule has 0 aromatic heterocycles. The van der Waals surface area contributed by atoms with Crippen LogP contribution < -0.4 is 14.2 Å². The van der Waals surface area contributed by atoms with E-state index in [9.17, 15) is 8.42 Å². The first-order valence-corrected chi connectivity index (χ1v) is 9.03. The number of nitrogens with one attached hydrogen (secondary N) is 1. The lowest BCUT2D eigenvalue weighted by Gasteiger charge is -2.12. The lowest BCUT2D eigenvalue weighted by molar-refractivity contribution is 0.396. The largest absolute Gasteiger partial charge is 0.495 e. The lowest BCUT2D eigenvalue weighted by Crippen LogP contribution is -2.10. The van der Waals surface area contributed by atoms with Gasteiger partial charge in [-0.25, -0.2) is 8.42 Å². The normalized spacial score (nSPS) is 11.5. The predicted molar refractivity (Wildman–Crippen MR) is 97.6 cm³/mol. The van der Waals surface area contributed by atoms with Gasteiger partial charge < -0.3 is 9.47 Å². The van der Waals surface area contributed by atoms with Crippen molar-refractivity contribution in [2.75, 3.05) is 18.9 Å². The van der Waals surface area contributed by atoms with Crippen LogP contribution in [0.25, 0.3) is 6.08 Å². The maximum Gasteiger partial charge on any atom is 0.255 e. The molecule has 0 fully saturated rings. The van der Waals surface area contributed by atoms with Crippen LogP contribution >= 0.6 is 23.2 Å². The number of rotatable bonds is 6. The standard InChI is InChI=1S/C16H15Cl2NO4S/c1-22-15-10-16(23-2)14(9-13(15)18)19-24(20,21)8-7-11-3-5-12(17)6-4-11/h3-10,19H,1-2H3/b8-7+. The average Bonchev–Trinajstić information content (AvgIpc) is 2.54. The van der Waals surface area contributed by atoms with Gasteiger partial charge in [-0.15, -0.1) is 0 Å². The van der Waals surface area contributed by atoms with Gasteiger partial charge in [-0.2, -0.15) is 0 Å². The molecule has 0 radical (unpaired) electrons. The number of sulfonamides is 1. The predicted octanol–water partition coefficient (Wildman–Crippen LogP) is 4.42. The fraction of sp³-hybridized carbons (Fsp3) is 0.125. The van der Waals surface area contributed by atoms with E-state index in [0.29, 0.717) is 22.1 Å². The number of halogens is 2. The molecule has 0 saturated heterocycles. The summed E-state index contributed by atoms with van der Waals surface area (Å²) in [7, 11) is -0.877. The van der Waals surface area contributed by atoms with Crippen LogP contribution in [0.15, 0.2) is 41.8 Å². The van der Waals surface area contributed by atoms with E-state index in [2.05, 4.69) is 4.72 Å². The van der Waals surface area contributed by atoms with Crippen LogP contribution in [0.4, 0.5) is 5.69 Å². The molecular formula is C16H15Cl2NO4S. The van der Waals surface area contributed by atoms with E-state index in [1.54, 1.807) is 24.3 Å². The molecule has 0 heterocycles. The molecule has 0 aliphatic carbocycles. The molecule has 0 spiro atoms. The second-order valence-corrected chi connectivity index (χ2v) is 7.10. The van der Waals surface area contributed by atoms with Crippen LogP contribution in [0.1, 0.15) is 5.56 Å². The van der Waals surface area contributed by atoms with Crippen LogP contribution in [-0.4, -0.2) is 22.6 Å². The molecule has 2 rings (SSSR count).